The maximum atomic E-state index is 13.1. The third kappa shape index (κ3) is 3.29. The fraction of sp³-hybridized carbons (Fsp3) is 0.143. The lowest BCUT2D eigenvalue weighted by atomic mass is 10.1. The lowest BCUT2D eigenvalue weighted by molar-refractivity contribution is 0.126. The van der Waals surface area contributed by atoms with Gasteiger partial charge in [0.05, 0.1) is 0 Å². The van der Waals surface area contributed by atoms with E-state index in [1.807, 2.05) is 60.6 Å². The second-order valence-corrected chi connectivity index (χ2v) is 6.07. The van der Waals surface area contributed by atoms with Gasteiger partial charge in [0.25, 0.3) is 0 Å². The highest BCUT2D eigenvalue weighted by molar-refractivity contribution is 5.46. The predicted octanol–water partition coefficient (Wildman–Crippen LogP) is 4.67. The van der Waals surface area contributed by atoms with Gasteiger partial charge in [0.1, 0.15) is 24.3 Å². The Morgan fingerprint density at radius 2 is 1.84 bits per heavy atom. The van der Waals surface area contributed by atoms with Crippen LogP contribution in [-0.4, -0.2) is 11.9 Å². The highest BCUT2D eigenvalue weighted by Gasteiger charge is 2.27. The molecule has 0 radical (unpaired) electrons. The van der Waals surface area contributed by atoms with Crippen molar-refractivity contribution in [3.05, 3.63) is 107 Å². The Balaban J connectivity index is 1.51. The summed E-state index contributed by atoms with van der Waals surface area (Å²) >= 11 is 0. The topological polar surface area (TPSA) is 21.7 Å². The van der Waals surface area contributed by atoms with Crippen molar-refractivity contribution in [2.24, 2.45) is 0 Å². The number of benzene rings is 2. The number of hydrogen-bond acceptors (Lipinski definition) is 3. The summed E-state index contributed by atoms with van der Waals surface area (Å²) in [7, 11) is 1.93. The molecule has 0 amide bonds. The van der Waals surface area contributed by atoms with Crippen molar-refractivity contribution in [3.8, 4) is 0 Å². The molecule has 25 heavy (non-hydrogen) atoms. The van der Waals surface area contributed by atoms with E-state index < -0.39 is 0 Å². The summed E-state index contributed by atoms with van der Waals surface area (Å²) in [6.07, 6.45) is 5.70. The minimum atomic E-state index is -0.248. The van der Waals surface area contributed by atoms with Crippen molar-refractivity contribution in [1.29, 1.82) is 0 Å². The molecule has 3 nitrogen and oxygen atoms in total. The zero-order valence-electron chi connectivity index (χ0n) is 13.9. The average Bonchev–Trinajstić information content (AvgIpc) is 3.04. The van der Waals surface area contributed by atoms with Gasteiger partial charge < -0.3 is 14.4 Å². The zero-order chi connectivity index (χ0) is 17.2. The van der Waals surface area contributed by atoms with Crippen molar-refractivity contribution in [3.63, 3.8) is 0 Å². The summed E-state index contributed by atoms with van der Waals surface area (Å²) in [4.78, 5) is 1.91. The Morgan fingerprint density at radius 3 is 2.60 bits per heavy atom. The molecule has 0 aliphatic carbocycles. The molecule has 0 saturated carbocycles. The van der Waals surface area contributed by atoms with Crippen LogP contribution in [0.25, 0.3) is 0 Å². The molecule has 2 aromatic rings. The van der Waals surface area contributed by atoms with Crippen LogP contribution in [0.3, 0.4) is 0 Å². The van der Waals surface area contributed by atoms with Crippen LogP contribution in [0.15, 0.2) is 90.2 Å². The number of allylic oxidation sites excluding steroid dienone is 1. The largest absolute Gasteiger partial charge is 0.479 e. The van der Waals surface area contributed by atoms with Crippen molar-refractivity contribution < 1.29 is 13.9 Å². The Labute approximate surface area is 146 Å². The van der Waals surface area contributed by atoms with Crippen LogP contribution in [0.5, 0.6) is 0 Å². The molecule has 0 aromatic heterocycles. The van der Waals surface area contributed by atoms with Crippen molar-refractivity contribution in [2.75, 3.05) is 7.05 Å². The third-order valence-electron chi connectivity index (χ3n) is 4.23. The summed E-state index contributed by atoms with van der Waals surface area (Å²) in [6.45, 7) is 0.510. The minimum absolute atomic E-state index is 0.208. The molecule has 126 valence electrons. The smallest absolute Gasteiger partial charge is 0.194 e. The van der Waals surface area contributed by atoms with Crippen LogP contribution in [0.1, 0.15) is 17.2 Å². The Kier molecular flexibility index (Phi) is 4.02. The first-order valence-electron chi connectivity index (χ1n) is 8.16. The lowest BCUT2D eigenvalue weighted by Gasteiger charge is -2.24. The van der Waals surface area contributed by atoms with E-state index in [1.165, 1.54) is 12.1 Å². The van der Waals surface area contributed by atoms with Crippen LogP contribution in [-0.2, 0) is 16.1 Å². The summed E-state index contributed by atoms with van der Waals surface area (Å²) in [5.74, 6) is 1.31. The van der Waals surface area contributed by atoms with E-state index in [0.717, 1.165) is 28.3 Å². The predicted molar refractivity (Wildman–Crippen MR) is 93.5 cm³/mol. The SMILES string of the molecule is CN1C=C2OC(c3ccc(F)cc3)C=C2C=C1OCc1ccccc1. The summed E-state index contributed by atoms with van der Waals surface area (Å²) < 4.78 is 25.0. The molecule has 1 unspecified atom stereocenters. The van der Waals surface area contributed by atoms with E-state index in [0.29, 0.717) is 6.61 Å². The molecule has 0 spiro atoms. The van der Waals surface area contributed by atoms with E-state index >= 15 is 0 Å². The van der Waals surface area contributed by atoms with Crippen LogP contribution in [0.2, 0.25) is 0 Å². The van der Waals surface area contributed by atoms with E-state index in [1.54, 1.807) is 12.1 Å². The highest BCUT2D eigenvalue weighted by atomic mass is 19.1. The monoisotopic (exact) mass is 335 g/mol. The molecule has 2 heterocycles. The van der Waals surface area contributed by atoms with Gasteiger partial charge in [-0.25, -0.2) is 4.39 Å². The quantitative estimate of drug-likeness (QED) is 0.810. The van der Waals surface area contributed by atoms with Crippen LogP contribution in [0.4, 0.5) is 4.39 Å². The second-order valence-electron chi connectivity index (χ2n) is 6.07. The van der Waals surface area contributed by atoms with Gasteiger partial charge in [-0.2, -0.15) is 0 Å². The van der Waals surface area contributed by atoms with E-state index in [2.05, 4.69) is 0 Å². The fourth-order valence-corrected chi connectivity index (χ4v) is 2.87. The molecule has 2 aromatic carbocycles. The molecule has 0 bridgehead atoms. The van der Waals surface area contributed by atoms with Gasteiger partial charge in [0.2, 0.25) is 0 Å². The lowest BCUT2D eigenvalue weighted by Crippen LogP contribution is -2.18. The number of ether oxygens (including phenoxy) is 2. The standard InChI is InChI=1S/C21H18FNO2/c1-23-13-20-17(11-19(25-20)16-7-9-18(22)10-8-16)12-21(23)24-14-15-5-3-2-4-6-15/h2-13,19H,14H2,1H3. The Hall–Kier alpha value is -3.01. The molecule has 2 aliphatic heterocycles. The second kappa shape index (κ2) is 6.48. The first kappa shape index (κ1) is 15.5. The average molecular weight is 335 g/mol. The third-order valence-corrected chi connectivity index (χ3v) is 4.23. The van der Waals surface area contributed by atoms with E-state index in [-0.39, 0.29) is 11.9 Å². The normalized spacial score (nSPS) is 18.7. The number of rotatable bonds is 4. The first-order valence-corrected chi connectivity index (χ1v) is 8.16. The molecular formula is C21H18FNO2. The highest BCUT2D eigenvalue weighted by Crippen LogP contribution is 2.37. The molecule has 4 heteroatoms. The van der Waals surface area contributed by atoms with Crippen molar-refractivity contribution in [1.82, 2.24) is 4.90 Å². The van der Waals surface area contributed by atoms with E-state index in [4.69, 9.17) is 9.47 Å². The Bertz CT molecular complexity index is 853. The van der Waals surface area contributed by atoms with Crippen LogP contribution >= 0.6 is 0 Å². The molecule has 0 N–H and O–H groups in total. The van der Waals surface area contributed by atoms with Gasteiger partial charge >= 0.3 is 0 Å². The number of hydrogen-bond donors (Lipinski definition) is 0. The molecule has 1 atom stereocenters. The van der Waals surface area contributed by atoms with Gasteiger partial charge in [-0.05, 0) is 29.3 Å². The van der Waals surface area contributed by atoms with Gasteiger partial charge in [0.15, 0.2) is 5.88 Å². The number of halogens is 1. The molecule has 4 rings (SSSR count). The maximum Gasteiger partial charge on any atom is 0.194 e. The molecule has 2 aliphatic rings. The van der Waals surface area contributed by atoms with Crippen LogP contribution < -0.4 is 0 Å². The molecule has 0 fully saturated rings. The van der Waals surface area contributed by atoms with Gasteiger partial charge in [-0.15, -0.1) is 0 Å². The molecular weight excluding hydrogens is 317 g/mol. The fourth-order valence-electron chi connectivity index (χ4n) is 2.87. The number of nitrogens with zero attached hydrogens (tertiary/aromatic N) is 1. The number of fused-ring (bicyclic) bond motifs is 1. The molecule has 0 saturated heterocycles. The van der Waals surface area contributed by atoms with Gasteiger partial charge in [0, 0.05) is 24.9 Å². The van der Waals surface area contributed by atoms with Crippen molar-refractivity contribution >= 4 is 0 Å². The summed E-state index contributed by atoms with van der Waals surface area (Å²) in [6, 6.07) is 16.4. The first-order chi connectivity index (χ1) is 12.2. The zero-order valence-corrected chi connectivity index (χ0v) is 13.9. The van der Waals surface area contributed by atoms with Gasteiger partial charge in [-0.3, -0.25) is 0 Å². The van der Waals surface area contributed by atoms with Crippen LogP contribution in [0, 0.1) is 5.82 Å². The van der Waals surface area contributed by atoms with Gasteiger partial charge in [-0.1, -0.05) is 42.5 Å². The maximum absolute atomic E-state index is 13.1. The summed E-state index contributed by atoms with van der Waals surface area (Å²) in [5.41, 5.74) is 3.02. The van der Waals surface area contributed by atoms with Crippen molar-refractivity contribution in [2.45, 2.75) is 12.7 Å². The van der Waals surface area contributed by atoms with E-state index in [9.17, 15) is 4.39 Å². The Morgan fingerprint density at radius 1 is 1.08 bits per heavy atom. The minimum Gasteiger partial charge on any atom is -0.479 e. The summed E-state index contributed by atoms with van der Waals surface area (Å²) in [5, 5.41) is 0.